The third-order valence-corrected chi connectivity index (χ3v) is 12.0. The fourth-order valence-electron chi connectivity index (χ4n) is 8.80. The topological polar surface area (TPSA) is 24.9 Å². The molecule has 0 amide bonds. The number of nitrogens with zero attached hydrogens (tertiary/aromatic N) is 2. The summed E-state index contributed by atoms with van der Waals surface area (Å²) in [7, 11) is 0. The molecule has 0 saturated heterocycles. The fourth-order valence-corrected chi connectivity index (χ4v) is 8.80. The van der Waals surface area contributed by atoms with E-state index in [1.165, 1.54) is 33.4 Å². The quantitative estimate of drug-likeness (QED) is 0.122. The van der Waals surface area contributed by atoms with Gasteiger partial charge >= 0.3 is 0 Å². The van der Waals surface area contributed by atoms with Crippen LogP contribution in [0, 0.1) is 6.92 Å². The fraction of sp³-hybridized carbons (Fsp3) is 0.0667. The number of ether oxygens (including phenoxy) is 2. The molecule has 0 bridgehead atoms. The van der Waals surface area contributed by atoms with Crippen LogP contribution >= 0.6 is 0 Å². The van der Waals surface area contributed by atoms with Gasteiger partial charge in [-0.15, -0.1) is 0 Å². The van der Waals surface area contributed by atoms with Gasteiger partial charge in [0.05, 0.1) is 0 Å². The number of hydrogen-bond acceptors (Lipinski definition) is 4. The summed E-state index contributed by atoms with van der Waals surface area (Å²) in [6.07, 6.45) is 4.38. The molecule has 64 heavy (non-hydrogen) atoms. The summed E-state index contributed by atoms with van der Waals surface area (Å²) in [4.78, 5) is 4.66. The summed E-state index contributed by atoms with van der Waals surface area (Å²) in [5.74, 6) is 2.39. The molecule has 0 fully saturated rings. The molecule has 1 aliphatic heterocycles. The van der Waals surface area contributed by atoms with Crippen LogP contribution in [0.1, 0.15) is 23.6 Å². The van der Waals surface area contributed by atoms with Crippen molar-refractivity contribution in [1.82, 2.24) is 0 Å². The number of hydrogen-bond donors (Lipinski definition) is 0. The molecule has 0 N–H and O–H groups in total. The van der Waals surface area contributed by atoms with Gasteiger partial charge in [-0.1, -0.05) is 158 Å². The SMILES string of the molecule is C/C(=C\C=C1/COc2cccc3c(Oc4cccc(N(Cc5ccccc5-c5ccccc5C)c5ccc(-c6ccccc6)cc5)c4)ccc1c23)N(c1ccccc1)c1ccccc1. The van der Waals surface area contributed by atoms with Crippen LogP contribution < -0.4 is 19.3 Å². The second-order valence-corrected chi connectivity index (χ2v) is 16.2. The van der Waals surface area contributed by atoms with Crippen molar-refractivity contribution in [2.45, 2.75) is 20.4 Å². The third kappa shape index (κ3) is 8.30. The summed E-state index contributed by atoms with van der Waals surface area (Å²) < 4.78 is 13.3. The molecule has 4 heteroatoms. The first-order valence-electron chi connectivity index (χ1n) is 21.9. The molecule has 310 valence electrons. The highest BCUT2D eigenvalue weighted by Crippen LogP contribution is 2.43. The van der Waals surface area contributed by atoms with Crippen molar-refractivity contribution >= 4 is 39.1 Å². The van der Waals surface area contributed by atoms with E-state index in [2.05, 4.69) is 242 Å². The number of anilines is 4. The average Bonchev–Trinajstić information content (AvgIpc) is 3.35. The lowest BCUT2D eigenvalue weighted by atomic mass is 9.95. The standard InChI is InChI=1S/C60H48N2O2/c1-43-18-12-14-28-54(43)55-29-15-13-21-47(55)41-61(49-36-34-46(35-37-49)45-19-6-3-7-20-45)52-26-16-27-53(40-52)64-58-39-38-56-48(42-63-59-31-17-30-57(58)60(56)59)33-32-44(2)62(50-22-8-4-9-23-50)51-24-10-5-11-25-51/h3-40H,41-42H2,1-2H3/b44-32+,48-33+. The molecule has 10 rings (SSSR count). The second-order valence-electron chi connectivity index (χ2n) is 16.2. The monoisotopic (exact) mass is 828 g/mol. The summed E-state index contributed by atoms with van der Waals surface area (Å²) in [6.45, 7) is 5.47. The Hall–Kier alpha value is -8.08. The number of rotatable bonds is 12. The largest absolute Gasteiger partial charge is 0.488 e. The van der Waals surface area contributed by atoms with Crippen LogP contribution in [-0.2, 0) is 6.54 Å². The molecule has 1 aliphatic rings. The summed E-state index contributed by atoms with van der Waals surface area (Å²) in [5, 5.41) is 2.05. The van der Waals surface area contributed by atoms with Crippen LogP contribution in [0.15, 0.2) is 236 Å². The van der Waals surface area contributed by atoms with Gasteiger partial charge in [-0.2, -0.15) is 0 Å². The molecule has 0 spiro atoms. The maximum absolute atomic E-state index is 6.88. The predicted octanol–water partition coefficient (Wildman–Crippen LogP) is 16.1. The molecule has 0 unspecified atom stereocenters. The molecule has 4 nitrogen and oxygen atoms in total. The van der Waals surface area contributed by atoms with Gasteiger partial charge in [-0.25, -0.2) is 0 Å². The molecule has 9 aromatic carbocycles. The predicted molar refractivity (Wildman–Crippen MR) is 267 cm³/mol. The van der Waals surface area contributed by atoms with Gasteiger partial charge in [0.1, 0.15) is 23.9 Å². The van der Waals surface area contributed by atoms with Crippen molar-refractivity contribution in [1.29, 1.82) is 0 Å². The maximum Gasteiger partial charge on any atom is 0.135 e. The van der Waals surface area contributed by atoms with E-state index in [1.807, 2.05) is 12.1 Å². The zero-order chi connectivity index (χ0) is 43.2. The first kappa shape index (κ1) is 40.0. The Bertz CT molecular complexity index is 3080. The minimum Gasteiger partial charge on any atom is -0.488 e. The van der Waals surface area contributed by atoms with E-state index in [9.17, 15) is 0 Å². The van der Waals surface area contributed by atoms with Crippen LogP contribution in [-0.4, -0.2) is 6.61 Å². The number of aryl methyl sites for hydroxylation is 1. The van der Waals surface area contributed by atoms with Crippen molar-refractivity contribution in [3.8, 4) is 39.5 Å². The molecule has 0 radical (unpaired) electrons. The molecule has 1 heterocycles. The Morgan fingerprint density at radius 2 is 1.17 bits per heavy atom. The molecule has 9 aromatic rings. The van der Waals surface area contributed by atoms with Gasteiger partial charge in [-0.3, -0.25) is 0 Å². The van der Waals surface area contributed by atoms with Gasteiger partial charge in [0.2, 0.25) is 0 Å². The van der Waals surface area contributed by atoms with Crippen molar-refractivity contribution in [3.63, 3.8) is 0 Å². The third-order valence-electron chi connectivity index (χ3n) is 12.0. The van der Waals surface area contributed by atoms with Crippen molar-refractivity contribution in [2.75, 3.05) is 16.4 Å². The van der Waals surface area contributed by atoms with Crippen LogP contribution in [0.2, 0.25) is 0 Å². The van der Waals surface area contributed by atoms with Gasteiger partial charge in [0.25, 0.3) is 0 Å². The smallest absolute Gasteiger partial charge is 0.135 e. The van der Waals surface area contributed by atoms with Gasteiger partial charge < -0.3 is 19.3 Å². The maximum atomic E-state index is 6.88. The summed E-state index contributed by atoms with van der Waals surface area (Å²) in [5.41, 5.74) is 15.0. The minimum atomic E-state index is 0.476. The van der Waals surface area contributed by atoms with Crippen LogP contribution in [0.5, 0.6) is 17.2 Å². The van der Waals surface area contributed by atoms with Crippen LogP contribution in [0.3, 0.4) is 0 Å². The Morgan fingerprint density at radius 3 is 1.91 bits per heavy atom. The van der Waals surface area contributed by atoms with Crippen molar-refractivity contribution < 1.29 is 9.47 Å². The van der Waals surface area contributed by atoms with E-state index in [0.29, 0.717) is 13.2 Å². The average molecular weight is 829 g/mol. The first-order chi connectivity index (χ1) is 31.6. The number of allylic oxidation sites excluding steroid dienone is 3. The van der Waals surface area contributed by atoms with Crippen LogP contribution in [0.4, 0.5) is 22.7 Å². The van der Waals surface area contributed by atoms with E-state index in [1.54, 1.807) is 0 Å². The summed E-state index contributed by atoms with van der Waals surface area (Å²) >= 11 is 0. The zero-order valence-corrected chi connectivity index (χ0v) is 36.1. The normalized spacial score (nSPS) is 12.8. The molecular weight excluding hydrogens is 781 g/mol. The molecule has 0 atom stereocenters. The van der Waals surface area contributed by atoms with Gasteiger partial charge in [-0.05, 0) is 125 Å². The number of benzene rings is 9. The molecule has 0 aliphatic carbocycles. The first-order valence-corrected chi connectivity index (χ1v) is 21.9. The lowest BCUT2D eigenvalue weighted by molar-refractivity contribution is 0.369. The molecule has 0 aromatic heterocycles. The lowest BCUT2D eigenvalue weighted by Crippen LogP contribution is -2.17. The van der Waals surface area contributed by atoms with E-state index in [4.69, 9.17) is 9.47 Å². The van der Waals surface area contributed by atoms with Crippen molar-refractivity contribution in [3.05, 3.63) is 253 Å². The van der Waals surface area contributed by atoms with E-state index in [0.717, 1.165) is 67.6 Å². The lowest BCUT2D eigenvalue weighted by Gasteiger charge is -2.27. The Morgan fingerprint density at radius 1 is 0.547 bits per heavy atom. The highest BCUT2D eigenvalue weighted by atomic mass is 16.5. The van der Waals surface area contributed by atoms with Crippen LogP contribution in [0.25, 0.3) is 38.6 Å². The second kappa shape index (κ2) is 18.1. The number of para-hydroxylation sites is 2. The van der Waals surface area contributed by atoms with Crippen molar-refractivity contribution in [2.24, 2.45) is 0 Å². The van der Waals surface area contributed by atoms with Gasteiger partial charge in [0, 0.05) is 51.8 Å². The van der Waals surface area contributed by atoms with E-state index >= 15 is 0 Å². The zero-order valence-electron chi connectivity index (χ0n) is 36.1. The highest BCUT2D eigenvalue weighted by molar-refractivity contribution is 6.03. The van der Waals surface area contributed by atoms with E-state index < -0.39 is 0 Å². The Labute approximate surface area is 376 Å². The Balaban J connectivity index is 0.989. The van der Waals surface area contributed by atoms with E-state index in [-0.39, 0.29) is 0 Å². The minimum absolute atomic E-state index is 0.476. The Kier molecular flexibility index (Phi) is 11.3. The molecule has 0 saturated carbocycles. The van der Waals surface area contributed by atoms with Gasteiger partial charge in [0.15, 0.2) is 0 Å². The molecular formula is C60H48N2O2. The highest BCUT2D eigenvalue weighted by Gasteiger charge is 2.21. The summed E-state index contributed by atoms with van der Waals surface area (Å²) in [6, 6.07) is 76.7.